The fraction of sp³-hybridized carbons (Fsp3) is 0.0541. The van der Waals surface area contributed by atoms with Gasteiger partial charge in [0.2, 0.25) is 5.95 Å². The largest absolute Gasteiger partial charge is 2.00 e. The molecule has 0 N–H and O–H groups in total. The molecule has 0 aliphatic heterocycles. The molecule has 0 spiro atoms. The number of hydrogen-bond donors (Lipinski definition) is 0. The summed E-state index contributed by atoms with van der Waals surface area (Å²) in [6.45, 7) is 4.26. The quantitative estimate of drug-likeness (QED) is 0.134. The molecule has 0 aliphatic rings. The molecule has 4 aromatic heterocycles. The number of rotatable bonds is 4. The first-order valence-electron chi connectivity index (χ1n) is 14.5. The van der Waals surface area contributed by atoms with E-state index in [9.17, 15) is 0 Å². The molecule has 0 bridgehead atoms. The Morgan fingerprint density at radius 1 is 0.667 bits per heavy atom. The van der Waals surface area contributed by atoms with Crippen LogP contribution in [0.25, 0.3) is 60.8 Å². The average Bonchev–Trinajstić information content (AvgIpc) is 3.79. The third-order valence-electron chi connectivity index (χ3n) is 8.39. The first kappa shape index (κ1) is 27.3. The Morgan fingerprint density at radius 3 is 2.16 bits per heavy atom. The normalized spacial score (nSPS) is 11.6. The van der Waals surface area contributed by atoms with Gasteiger partial charge in [0.15, 0.2) is 0 Å². The minimum absolute atomic E-state index is 0. The van der Waals surface area contributed by atoms with Gasteiger partial charge in [-0.25, -0.2) is 4.98 Å². The molecule has 218 valence electrons. The summed E-state index contributed by atoms with van der Waals surface area (Å²) in [5.41, 5.74) is 7.15. The molecule has 45 heavy (non-hydrogen) atoms. The zero-order valence-electron chi connectivity index (χ0n) is 24.3. The maximum Gasteiger partial charge on any atom is 2.00 e. The molecule has 0 atom stereocenters. The van der Waals surface area contributed by atoms with E-state index in [0.717, 1.165) is 60.8 Å². The van der Waals surface area contributed by atoms with Crippen molar-refractivity contribution in [2.24, 2.45) is 0 Å². The van der Waals surface area contributed by atoms with Crippen molar-refractivity contribution in [3.05, 3.63) is 133 Å². The van der Waals surface area contributed by atoms with E-state index in [1.807, 2.05) is 41.2 Å². The molecule has 4 heterocycles. The summed E-state index contributed by atoms with van der Waals surface area (Å²) in [4.78, 5) is 9.40. The molecule has 0 radical (unpaired) electrons. The summed E-state index contributed by atoms with van der Waals surface area (Å²) in [5.74, 6) is 1.95. The number of nitrogens with zero attached hydrogens (tertiary/aromatic N) is 6. The fourth-order valence-electron chi connectivity index (χ4n) is 6.49. The van der Waals surface area contributed by atoms with E-state index >= 15 is 0 Å². The minimum Gasteiger partial charge on any atom is -0.503 e. The van der Waals surface area contributed by atoms with Crippen LogP contribution in [0.1, 0.15) is 11.1 Å². The Labute approximate surface area is 272 Å². The monoisotopic (exact) mass is 763 g/mol. The summed E-state index contributed by atoms with van der Waals surface area (Å²) in [5, 5.41) is 9.65. The summed E-state index contributed by atoms with van der Waals surface area (Å²) in [6, 6.07) is 38.0. The summed E-state index contributed by atoms with van der Waals surface area (Å²) in [6.07, 6.45) is 5.44. The molecular formula is C37H24N6OPt. The molecule has 0 saturated heterocycles. The van der Waals surface area contributed by atoms with Crippen molar-refractivity contribution in [3.8, 4) is 23.1 Å². The molecular weight excluding hydrogens is 740 g/mol. The fourth-order valence-corrected chi connectivity index (χ4v) is 6.49. The van der Waals surface area contributed by atoms with Crippen LogP contribution in [0.5, 0.6) is 11.5 Å². The number of aromatic nitrogens is 6. The second-order valence-electron chi connectivity index (χ2n) is 11.0. The van der Waals surface area contributed by atoms with Gasteiger partial charge in [0.25, 0.3) is 0 Å². The van der Waals surface area contributed by atoms with Gasteiger partial charge in [-0.05, 0) is 47.9 Å². The van der Waals surface area contributed by atoms with Gasteiger partial charge in [-0.2, -0.15) is 11.2 Å². The Hall–Kier alpha value is -5.26. The SMILES string of the molecule is Cc1cccc(C)c1-n1ccnc1-n1c2[c-]c(Oc3[c-]c4c(cc3)c3ccccc3n3ncnc43)ccc2c2ccccc21.[Pt+2]. The number of pyridine rings is 1. The Bertz CT molecular complexity index is 2560. The molecule has 0 unspecified atom stereocenters. The molecule has 9 aromatic rings. The van der Waals surface area contributed by atoms with Crippen LogP contribution in [-0.4, -0.2) is 28.7 Å². The van der Waals surface area contributed by atoms with Crippen LogP contribution in [0.3, 0.4) is 0 Å². The first-order chi connectivity index (χ1) is 21.7. The molecule has 8 heteroatoms. The van der Waals surface area contributed by atoms with Crippen LogP contribution in [0.4, 0.5) is 0 Å². The van der Waals surface area contributed by atoms with E-state index in [4.69, 9.17) is 9.72 Å². The van der Waals surface area contributed by atoms with Gasteiger partial charge >= 0.3 is 21.1 Å². The summed E-state index contributed by atoms with van der Waals surface area (Å²) >= 11 is 0. The van der Waals surface area contributed by atoms with Crippen molar-refractivity contribution in [1.82, 2.24) is 28.7 Å². The van der Waals surface area contributed by atoms with Crippen molar-refractivity contribution < 1.29 is 25.8 Å². The first-order valence-corrected chi connectivity index (χ1v) is 14.5. The van der Waals surface area contributed by atoms with Crippen molar-refractivity contribution in [1.29, 1.82) is 0 Å². The Morgan fingerprint density at radius 2 is 1.36 bits per heavy atom. The van der Waals surface area contributed by atoms with Gasteiger partial charge in [-0.3, -0.25) is 14.1 Å². The second kappa shape index (κ2) is 10.4. The van der Waals surface area contributed by atoms with Crippen LogP contribution in [0.2, 0.25) is 0 Å². The zero-order chi connectivity index (χ0) is 29.4. The predicted molar refractivity (Wildman–Crippen MR) is 173 cm³/mol. The van der Waals surface area contributed by atoms with Gasteiger partial charge in [-0.1, -0.05) is 77.0 Å². The van der Waals surface area contributed by atoms with E-state index in [-0.39, 0.29) is 21.1 Å². The molecule has 9 rings (SSSR count). The number of para-hydroxylation sites is 3. The van der Waals surface area contributed by atoms with E-state index in [1.165, 1.54) is 11.1 Å². The number of aryl methyl sites for hydroxylation is 2. The Balaban J connectivity index is 0.00000300. The minimum atomic E-state index is 0. The topological polar surface area (TPSA) is 62.2 Å². The van der Waals surface area contributed by atoms with Crippen molar-refractivity contribution in [2.45, 2.75) is 13.8 Å². The molecule has 0 amide bonds. The van der Waals surface area contributed by atoms with E-state index in [2.05, 4.69) is 112 Å². The predicted octanol–water partition coefficient (Wildman–Crippen LogP) is 8.33. The number of benzene rings is 5. The maximum atomic E-state index is 6.44. The number of hydrogen-bond acceptors (Lipinski definition) is 4. The molecule has 0 saturated carbocycles. The average molecular weight is 764 g/mol. The van der Waals surface area contributed by atoms with E-state index < -0.39 is 0 Å². The molecule has 0 aliphatic carbocycles. The van der Waals surface area contributed by atoms with Gasteiger partial charge in [0.05, 0.1) is 16.9 Å². The second-order valence-corrected chi connectivity index (χ2v) is 11.0. The van der Waals surface area contributed by atoms with Gasteiger partial charge < -0.3 is 9.30 Å². The van der Waals surface area contributed by atoms with Crippen LogP contribution in [0.15, 0.2) is 110 Å². The summed E-state index contributed by atoms with van der Waals surface area (Å²) < 4.78 is 12.6. The number of fused-ring (bicyclic) bond motifs is 9. The maximum absolute atomic E-state index is 6.44. The molecule has 7 nitrogen and oxygen atoms in total. The van der Waals surface area contributed by atoms with E-state index in [1.54, 1.807) is 6.33 Å². The van der Waals surface area contributed by atoms with E-state index in [0.29, 0.717) is 11.5 Å². The molecule has 0 fully saturated rings. The zero-order valence-corrected chi connectivity index (χ0v) is 26.6. The van der Waals surface area contributed by atoms with Crippen molar-refractivity contribution >= 4 is 49.1 Å². The van der Waals surface area contributed by atoms with Gasteiger partial charge in [0.1, 0.15) is 6.33 Å². The standard InChI is InChI=1S/C37H24N6O.Pt/c1-23-8-7-9-24(2)35(23)41-19-18-38-37(41)42-32-12-5-3-11-29(32)30-17-15-26(21-34(30)42)44-25-14-16-27-28-10-4-6-13-33(28)43-36(31(27)20-25)39-22-40-43;/h3-19,22H,1-2H3;/q-2;+2. The van der Waals surface area contributed by atoms with Crippen LogP contribution in [0, 0.1) is 26.0 Å². The third-order valence-corrected chi connectivity index (χ3v) is 8.39. The Kier molecular flexibility index (Phi) is 6.33. The van der Waals surface area contributed by atoms with Crippen LogP contribution >= 0.6 is 0 Å². The third kappa shape index (κ3) is 4.11. The van der Waals surface area contributed by atoms with Crippen LogP contribution in [-0.2, 0) is 21.1 Å². The van der Waals surface area contributed by atoms with Crippen molar-refractivity contribution in [2.75, 3.05) is 0 Å². The van der Waals surface area contributed by atoms with Gasteiger partial charge in [0, 0.05) is 29.4 Å². The van der Waals surface area contributed by atoms with Crippen LogP contribution < -0.4 is 4.74 Å². The van der Waals surface area contributed by atoms with Crippen molar-refractivity contribution in [3.63, 3.8) is 0 Å². The van der Waals surface area contributed by atoms with Gasteiger partial charge in [-0.15, -0.1) is 29.7 Å². The molecule has 5 aromatic carbocycles. The number of ether oxygens (including phenoxy) is 1. The number of imidazole rings is 1. The smallest absolute Gasteiger partial charge is 0.503 e. The summed E-state index contributed by atoms with van der Waals surface area (Å²) in [7, 11) is 0.